The van der Waals surface area contributed by atoms with Crippen LogP contribution in [0, 0.1) is 23.2 Å². The van der Waals surface area contributed by atoms with Crippen molar-refractivity contribution in [3.8, 4) is 0 Å². The van der Waals surface area contributed by atoms with Crippen LogP contribution in [0.15, 0.2) is 0 Å². The van der Waals surface area contributed by atoms with Crippen LogP contribution in [0.25, 0.3) is 0 Å². The number of esters is 1. The topological polar surface area (TPSA) is 63.6 Å². The van der Waals surface area contributed by atoms with Crippen LogP contribution in [-0.4, -0.2) is 23.7 Å². The van der Waals surface area contributed by atoms with E-state index < -0.39 is 17.4 Å². The first-order valence-electron chi connectivity index (χ1n) is 7.79. The zero-order chi connectivity index (χ0) is 15.3. The molecule has 0 spiro atoms. The van der Waals surface area contributed by atoms with Crippen molar-refractivity contribution in [1.82, 2.24) is 0 Å². The minimum absolute atomic E-state index is 0.113. The van der Waals surface area contributed by atoms with E-state index in [4.69, 9.17) is 4.74 Å². The number of hydrogen-bond donors (Lipinski definition) is 1. The Morgan fingerprint density at radius 1 is 1.15 bits per heavy atom. The Labute approximate surface area is 121 Å². The highest BCUT2D eigenvalue weighted by atomic mass is 16.5. The van der Waals surface area contributed by atoms with Crippen molar-refractivity contribution in [1.29, 1.82) is 0 Å². The predicted molar refractivity (Wildman–Crippen MR) is 77.3 cm³/mol. The molecule has 0 heterocycles. The summed E-state index contributed by atoms with van der Waals surface area (Å²) in [5.74, 6) is -0.731. The molecule has 20 heavy (non-hydrogen) atoms. The lowest BCUT2D eigenvalue weighted by Gasteiger charge is -2.41. The van der Waals surface area contributed by atoms with E-state index in [0.717, 1.165) is 19.3 Å². The van der Waals surface area contributed by atoms with Crippen LogP contribution in [0.5, 0.6) is 0 Å². The van der Waals surface area contributed by atoms with Crippen LogP contribution >= 0.6 is 0 Å². The fourth-order valence-electron chi connectivity index (χ4n) is 3.85. The molecular formula is C16H28O4. The van der Waals surface area contributed by atoms with Crippen LogP contribution in [0.4, 0.5) is 0 Å². The van der Waals surface area contributed by atoms with E-state index in [1.807, 2.05) is 6.92 Å². The molecule has 4 heteroatoms. The zero-order valence-electron chi connectivity index (χ0n) is 13.1. The smallest absolute Gasteiger partial charge is 0.323 e. The Bertz CT molecular complexity index is 342. The van der Waals surface area contributed by atoms with Gasteiger partial charge in [-0.05, 0) is 50.4 Å². The summed E-state index contributed by atoms with van der Waals surface area (Å²) in [6.07, 6.45) is 3.75. The molecule has 1 rings (SSSR count). The first kappa shape index (κ1) is 17.0. The standard InChI is InChI=1S/C16H28O4/c1-5-7-16(14(17)18,15(19)20-6-2)13-9-11(3)8-12(4)10-13/h11-13H,5-10H2,1-4H3,(H,17,18). The van der Waals surface area contributed by atoms with Gasteiger partial charge >= 0.3 is 11.9 Å². The minimum Gasteiger partial charge on any atom is -0.480 e. The predicted octanol–water partition coefficient (Wildman–Crippen LogP) is 3.49. The lowest BCUT2D eigenvalue weighted by atomic mass is 9.62. The van der Waals surface area contributed by atoms with Crippen LogP contribution < -0.4 is 0 Å². The Hall–Kier alpha value is -1.06. The molecule has 1 aliphatic rings. The van der Waals surface area contributed by atoms with Gasteiger partial charge in [-0.1, -0.05) is 27.2 Å². The van der Waals surface area contributed by atoms with Gasteiger partial charge in [0.05, 0.1) is 6.61 Å². The van der Waals surface area contributed by atoms with E-state index in [0.29, 0.717) is 24.7 Å². The highest BCUT2D eigenvalue weighted by Crippen LogP contribution is 2.46. The zero-order valence-corrected chi connectivity index (χ0v) is 13.1. The first-order valence-corrected chi connectivity index (χ1v) is 7.79. The molecule has 0 aromatic heterocycles. The summed E-state index contributed by atoms with van der Waals surface area (Å²) in [5.41, 5.74) is -1.35. The monoisotopic (exact) mass is 284 g/mol. The van der Waals surface area contributed by atoms with Crippen LogP contribution in [0.3, 0.4) is 0 Å². The summed E-state index contributed by atoms with van der Waals surface area (Å²) in [6.45, 7) is 8.17. The van der Waals surface area contributed by atoms with Crippen molar-refractivity contribution in [2.24, 2.45) is 23.2 Å². The van der Waals surface area contributed by atoms with Gasteiger partial charge in [0.15, 0.2) is 5.41 Å². The number of aliphatic carboxylic acids is 1. The van der Waals surface area contributed by atoms with Gasteiger partial charge in [-0.2, -0.15) is 0 Å². The van der Waals surface area contributed by atoms with Gasteiger partial charge in [0.2, 0.25) is 0 Å². The van der Waals surface area contributed by atoms with E-state index in [1.165, 1.54) is 0 Å². The normalized spacial score (nSPS) is 29.5. The SMILES string of the molecule is CCCC(C(=O)O)(C(=O)OCC)C1CC(C)CC(C)C1. The lowest BCUT2D eigenvalue weighted by molar-refractivity contribution is -0.176. The summed E-state index contributed by atoms with van der Waals surface area (Å²) in [5, 5.41) is 9.78. The van der Waals surface area contributed by atoms with E-state index in [1.54, 1.807) is 6.92 Å². The Balaban J connectivity index is 3.13. The van der Waals surface area contributed by atoms with E-state index in [9.17, 15) is 14.7 Å². The van der Waals surface area contributed by atoms with Crippen molar-refractivity contribution < 1.29 is 19.4 Å². The molecule has 1 saturated carbocycles. The summed E-state index contributed by atoms with van der Waals surface area (Å²) in [4.78, 5) is 24.3. The third-order valence-corrected chi connectivity index (χ3v) is 4.54. The molecule has 0 aromatic rings. The largest absolute Gasteiger partial charge is 0.480 e. The van der Waals surface area contributed by atoms with Crippen molar-refractivity contribution in [3.63, 3.8) is 0 Å². The summed E-state index contributed by atoms with van der Waals surface area (Å²) >= 11 is 0. The van der Waals surface area contributed by atoms with Gasteiger partial charge in [-0.25, -0.2) is 0 Å². The van der Waals surface area contributed by atoms with Gasteiger partial charge in [0, 0.05) is 0 Å². The highest BCUT2D eigenvalue weighted by molar-refractivity contribution is 5.99. The number of carboxylic acid groups (broad SMARTS) is 1. The number of carbonyl (C=O) groups excluding carboxylic acids is 1. The van der Waals surface area contributed by atoms with Gasteiger partial charge < -0.3 is 9.84 Å². The van der Waals surface area contributed by atoms with Crippen molar-refractivity contribution in [2.75, 3.05) is 6.61 Å². The molecular weight excluding hydrogens is 256 g/mol. The average Bonchev–Trinajstić information content (AvgIpc) is 2.34. The maximum atomic E-state index is 12.4. The second-order valence-corrected chi connectivity index (χ2v) is 6.36. The third kappa shape index (κ3) is 3.33. The van der Waals surface area contributed by atoms with E-state index in [-0.39, 0.29) is 12.5 Å². The Kier molecular flexibility index (Phi) is 6.03. The maximum absolute atomic E-state index is 12.4. The van der Waals surface area contributed by atoms with Crippen molar-refractivity contribution in [2.45, 2.75) is 59.8 Å². The quantitative estimate of drug-likeness (QED) is 0.599. The fraction of sp³-hybridized carbons (Fsp3) is 0.875. The van der Waals surface area contributed by atoms with Gasteiger partial charge in [-0.3, -0.25) is 9.59 Å². The number of ether oxygens (including phenoxy) is 1. The second kappa shape index (κ2) is 7.09. The molecule has 1 fully saturated rings. The van der Waals surface area contributed by atoms with Crippen LogP contribution in [0.2, 0.25) is 0 Å². The minimum atomic E-state index is -1.35. The molecule has 1 N–H and O–H groups in total. The average molecular weight is 284 g/mol. The van der Waals surface area contributed by atoms with Gasteiger partial charge in [-0.15, -0.1) is 0 Å². The molecule has 1 aliphatic carbocycles. The molecule has 0 saturated heterocycles. The number of hydrogen-bond acceptors (Lipinski definition) is 3. The summed E-state index contributed by atoms with van der Waals surface area (Å²) in [7, 11) is 0. The summed E-state index contributed by atoms with van der Waals surface area (Å²) < 4.78 is 5.13. The molecule has 0 bridgehead atoms. The number of rotatable bonds is 6. The maximum Gasteiger partial charge on any atom is 0.323 e. The molecule has 4 nitrogen and oxygen atoms in total. The Morgan fingerprint density at radius 2 is 1.70 bits per heavy atom. The molecule has 3 atom stereocenters. The number of carbonyl (C=O) groups is 2. The first-order chi connectivity index (χ1) is 9.38. The highest BCUT2D eigenvalue weighted by Gasteiger charge is 2.54. The lowest BCUT2D eigenvalue weighted by Crippen LogP contribution is -2.49. The van der Waals surface area contributed by atoms with Crippen LogP contribution in [-0.2, 0) is 14.3 Å². The van der Waals surface area contributed by atoms with Gasteiger partial charge in [0.25, 0.3) is 0 Å². The van der Waals surface area contributed by atoms with Gasteiger partial charge in [0.1, 0.15) is 0 Å². The second-order valence-electron chi connectivity index (χ2n) is 6.36. The molecule has 0 aromatic carbocycles. The molecule has 0 amide bonds. The van der Waals surface area contributed by atoms with Crippen molar-refractivity contribution >= 4 is 11.9 Å². The summed E-state index contributed by atoms with van der Waals surface area (Å²) in [6, 6.07) is 0. The van der Waals surface area contributed by atoms with E-state index >= 15 is 0 Å². The Morgan fingerprint density at radius 3 is 2.10 bits per heavy atom. The van der Waals surface area contributed by atoms with Crippen LogP contribution in [0.1, 0.15) is 59.8 Å². The molecule has 3 unspecified atom stereocenters. The van der Waals surface area contributed by atoms with Crippen molar-refractivity contribution in [3.05, 3.63) is 0 Å². The molecule has 0 aliphatic heterocycles. The number of carboxylic acids is 1. The third-order valence-electron chi connectivity index (χ3n) is 4.54. The molecule has 116 valence electrons. The molecule has 0 radical (unpaired) electrons. The van der Waals surface area contributed by atoms with E-state index in [2.05, 4.69) is 13.8 Å². The fourth-order valence-corrected chi connectivity index (χ4v) is 3.85.